The summed E-state index contributed by atoms with van der Waals surface area (Å²) in [6.07, 6.45) is 5.81. The van der Waals surface area contributed by atoms with Gasteiger partial charge >= 0.3 is 5.97 Å². The predicted molar refractivity (Wildman–Crippen MR) is 137 cm³/mol. The number of fused-ring (bicyclic) bond motifs is 1. The van der Waals surface area contributed by atoms with Crippen LogP contribution in [0.2, 0.25) is 0 Å². The van der Waals surface area contributed by atoms with Gasteiger partial charge in [0.05, 0.1) is 21.9 Å². The van der Waals surface area contributed by atoms with Crippen LogP contribution in [0, 0.1) is 17.2 Å². The van der Waals surface area contributed by atoms with E-state index in [1.807, 2.05) is 27.7 Å². The maximum absolute atomic E-state index is 14.9. The summed E-state index contributed by atoms with van der Waals surface area (Å²) in [6, 6.07) is 3.73. The molecular formula is C25H33FN6O4S. The molecule has 0 amide bonds. The zero-order chi connectivity index (χ0) is 27.0. The number of aromatic nitrogens is 4. The molecule has 3 aromatic rings. The number of halogens is 1. The highest BCUT2D eigenvalue weighted by Gasteiger charge is 2.29. The zero-order valence-corrected chi connectivity index (χ0v) is 22.6. The van der Waals surface area contributed by atoms with E-state index >= 15 is 0 Å². The lowest BCUT2D eigenvalue weighted by Gasteiger charge is -2.34. The number of carbonyl (C=O) groups is 1. The number of sulfone groups is 1. The van der Waals surface area contributed by atoms with E-state index in [4.69, 9.17) is 4.84 Å². The topological polar surface area (TPSA) is 111 Å². The Morgan fingerprint density at radius 2 is 1.92 bits per heavy atom. The van der Waals surface area contributed by atoms with Gasteiger partial charge in [-0.05, 0) is 64.7 Å². The van der Waals surface area contributed by atoms with Gasteiger partial charge in [0.1, 0.15) is 23.6 Å². The Hall–Kier alpha value is -3.12. The first kappa shape index (κ1) is 26.9. The molecule has 12 heteroatoms. The summed E-state index contributed by atoms with van der Waals surface area (Å²) in [7, 11) is -3.53. The van der Waals surface area contributed by atoms with Crippen molar-refractivity contribution in [2.45, 2.75) is 45.4 Å². The van der Waals surface area contributed by atoms with Crippen molar-refractivity contribution >= 4 is 32.7 Å². The Balaban J connectivity index is 1.51. The van der Waals surface area contributed by atoms with Crippen LogP contribution < -0.4 is 4.90 Å². The van der Waals surface area contributed by atoms with Crippen LogP contribution in [0.4, 0.5) is 10.2 Å². The van der Waals surface area contributed by atoms with Gasteiger partial charge in [-0.25, -0.2) is 32.3 Å². The molecule has 0 unspecified atom stereocenters. The molecule has 10 nitrogen and oxygen atoms in total. The highest BCUT2D eigenvalue weighted by Crippen LogP contribution is 2.29. The second kappa shape index (κ2) is 10.3. The summed E-state index contributed by atoms with van der Waals surface area (Å²) in [6.45, 7) is 10.4. The molecule has 37 heavy (non-hydrogen) atoms. The first-order valence-corrected chi connectivity index (χ1v) is 14.2. The Bertz CT molecular complexity index is 1390. The van der Waals surface area contributed by atoms with Crippen LogP contribution in [0.5, 0.6) is 0 Å². The molecule has 0 N–H and O–H groups in total. The highest BCUT2D eigenvalue weighted by atomic mass is 32.2. The van der Waals surface area contributed by atoms with Gasteiger partial charge in [0.25, 0.3) is 0 Å². The molecule has 1 saturated heterocycles. The summed E-state index contributed by atoms with van der Waals surface area (Å²) in [5.41, 5.74) is -0.0113. The first-order chi connectivity index (χ1) is 17.4. The Morgan fingerprint density at radius 1 is 1.22 bits per heavy atom. The number of hydrogen-bond acceptors (Lipinski definition) is 9. The van der Waals surface area contributed by atoms with E-state index in [0.29, 0.717) is 42.4 Å². The Kier molecular flexibility index (Phi) is 7.52. The average Bonchev–Trinajstić information content (AvgIpc) is 3.26. The number of rotatable bonds is 7. The monoisotopic (exact) mass is 532 g/mol. The summed E-state index contributed by atoms with van der Waals surface area (Å²) in [4.78, 5) is 28.6. The fourth-order valence-corrected chi connectivity index (χ4v) is 4.90. The molecule has 1 fully saturated rings. The summed E-state index contributed by atoms with van der Waals surface area (Å²) in [5.74, 6) is 0.141. The summed E-state index contributed by atoms with van der Waals surface area (Å²) < 4.78 is 39.8. The maximum atomic E-state index is 14.9. The Labute approximate surface area is 216 Å². The van der Waals surface area contributed by atoms with Crippen LogP contribution in [0.25, 0.3) is 16.7 Å². The van der Waals surface area contributed by atoms with Crippen LogP contribution in [0.1, 0.15) is 40.5 Å². The lowest BCUT2D eigenvalue weighted by molar-refractivity contribution is -0.205. The maximum Gasteiger partial charge on any atom is 0.330 e. The lowest BCUT2D eigenvalue weighted by Crippen LogP contribution is -2.41. The highest BCUT2D eigenvalue weighted by molar-refractivity contribution is 7.90. The number of benzene rings is 1. The van der Waals surface area contributed by atoms with Gasteiger partial charge in [-0.1, -0.05) is 0 Å². The Morgan fingerprint density at radius 3 is 2.51 bits per heavy atom. The van der Waals surface area contributed by atoms with E-state index in [1.54, 1.807) is 11.3 Å². The van der Waals surface area contributed by atoms with Crippen molar-refractivity contribution in [1.29, 1.82) is 0 Å². The van der Waals surface area contributed by atoms with Crippen LogP contribution in [0.3, 0.4) is 0 Å². The fraction of sp³-hybridized carbons (Fsp3) is 0.520. The van der Waals surface area contributed by atoms with Crippen LogP contribution in [-0.4, -0.2) is 71.6 Å². The van der Waals surface area contributed by atoms with Gasteiger partial charge in [-0.15, -0.1) is 5.06 Å². The number of nitrogens with zero attached hydrogens (tertiary/aromatic N) is 6. The second-order valence-corrected chi connectivity index (χ2v) is 12.4. The molecule has 0 spiro atoms. The van der Waals surface area contributed by atoms with Crippen LogP contribution in [-0.2, 0) is 19.5 Å². The molecule has 0 saturated carbocycles. The molecule has 3 heterocycles. The van der Waals surface area contributed by atoms with E-state index in [0.717, 1.165) is 31.7 Å². The second-order valence-electron chi connectivity index (χ2n) is 10.4. The van der Waals surface area contributed by atoms with Crippen LogP contribution in [0.15, 0.2) is 35.6 Å². The molecule has 2 aromatic heterocycles. The largest absolute Gasteiger partial charge is 0.367 e. The molecule has 4 rings (SSSR count). The number of piperidine rings is 1. The van der Waals surface area contributed by atoms with Gasteiger partial charge in [0.2, 0.25) is 0 Å². The number of anilines is 1. The van der Waals surface area contributed by atoms with Crippen LogP contribution >= 0.6 is 0 Å². The van der Waals surface area contributed by atoms with Crippen molar-refractivity contribution in [3.63, 3.8) is 0 Å². The zero-order valence-electron chi connectivity index (χ0n) is 21.8. The van der Waals surface area contributed by atoms with Crippen molar-refractivity contribution in [2.75, 3.05) is 37.3 Å². The molecule has 1 aliphatic rings. The molecule has 0 aliphatic carbocycles. The van der Waals surface area contributed by atoms with Crippen molar-refractivity contribution in [2.24, 2.45) is 11.3 Å². The molecule has 200 valence electrons. The number of hydroxylamine groups is 2. The SMILES string of the molecule is CCN(CC1CCN(OC(=O)C(C)(C)C)CC1)c1ncnc2c1cnn2-c1ccc(S(C)(=O)=O)cc1F. The normalized spacial score (nSPS) is 15.7. The van der Waals surface area contributed by atoms with Crippen molar-refractivity contribution in [1.82, 2.24) is 24.8 Å². The molecule has 1 aliphatic heterocycles. The third-order valence-corrected chi connectivity index (χ3v) is 7.59. The van der Waals surface area contributed by atoms with E-state index < -0.39 is 21.1 Å². The molecule has 0 atom stereocenters. The minimum absolute atomic E-state index is 0.100. The quantitative estimate of drug-likeness (QED) is 0.452. The minimum Gasteiger partial charge on any atom is -0.367 e. The van der Waals surface area contributed by atoms with Gasteiger partial charge in [-0.2, -0.15) is 5.10 Å². The number of hydrogen-bond donors (Lipinski definition) is 0. The lowest BCUT2D eigenvalue weighted by atomic mass is 9.96. The van der Waals surface area contributed by atoms with Gasteiger partial charge < -0.3 is 9.74 Å². The molecule has 0 bridgehead atoms. The molecule has 0 radical (unpaired) electrons. The average molecular weight is 533 g/mol. The predicted octanol–water partition coefficient (Wildman–Crippen LogP) is 3.40. The standard InChI is InChI=1S/C25H33FN6O4S/c1-6-30(15-17-9-11-31(12-10-17)36-24(33)25(2,3)4)22-19-14-29-32(23(19)28-16-27-22)21-8-7-18(13-20(21)26)37(5,34)35/h7-8,13-14,16-17H,6,9-12,15H2,1-5H3. The van der Waals surface area contributed by atoms with Crippen molar-refractivity contribution in [3.05, 3.63) is 36.5 Å². The number of carbonyl (C=O) groups excluding carboxylic acids is 1. The van der Waals surface area contributed by atoms with E-state index in [2.05, 4.69) is 20.0 Å². The third-order valence-electron chi connectivity index (χ3n) is 6.48. The fourth-order valence-electron chi connectivity index (χ4n) is 4.26. The van der Waals surface area contributed by atoms with Gasteiger partial charge in [-0.3, -0.25) is 0 Å². The van der Waals surface area contributed by atoms with E-state index in [9.17, 15) is 17.6 Å². The van der Waals surface area contributed by atoms with Crippen molar-refractivity contribution in [3.8, 4) is 5.69 Å². The third kappa shape index (κ3) is 5.90. The van der Waals surface area contributed by atoms with E-state index in [1.165, 1.54) is 23.1 Å². The smallest absolute Gasteiger partial charge is 0.330 e. The molecule has 1 aromatic carbocycles. The van der Waals surface area contributed by atoms with Crippen molar-refractivity contribution < 1.29 is 22.4 Å². The summed E-state index contributed by atoms with van der Waals surface area (Å²) in [5, 5.41) is 6.76. The first-order valence-electron chi connectivity index (χ1n) is 12.3. The van der Waals surface area contributed by atoms with E-state index in [-0.39, 0.29) is 16.6 Å². The summed E-state index contributed by atoms with van der Waals surface area (Å²) >= 11 is 0. The molecular weight excluding hydrogens is 499 g/mol. The van der Waals surface area contributed by atoms with Gasteiger partial charge in [0, 0.05) is 32.4 Å². The van der Waals surface area contributed by atoms with Gasteiger partial charge in [0.15, 0.2) is 15.5 Å². The minimum atomic E-state index is -3.53.